The van der Waals surface area contributed by atoms with E-state index in [0.29, 0.717) is 24.3 Å². The number of aliphatic hydroxyl groups excluding tert-OH is 1. The molecule has 0 aromatic carbocycles. The molecule has 7 atom stereocenters. The minimum atomic E-state index is -4.70. The molecular formula is C16H25F3N4O4S2. The number of hydrogen-bond acceptors (Lipinski definition) is 9. The molecule has 3 saturated heterocycles. The highest BCUT2D eigenvalue weighted by Gasteiger charge is 2.43. The second-order valence-electron chi connectivity index (χ2n) is 7.24. The van der Waals surface area contributed by atoms with Crippen LogP contribution in [0.25, 0.3) is 0 Å². The normalized spacial score (nSPS) is 34.3. The molecule has 3 heterocycles. The van der Waals surface area contributed by atoms with E-state index in [4.69, 9.17) is 0 Å². The number of alkyl carbamates (subject to hydrolysis) is 1. The van der Waals surface area contributed by atoms with E-state index in [-0.39, 0.29) is 11.4 Å². The van der Waals surface area contributed by atoms with Crippen molar-refractivity contribution in [3.63, 3.8) is 0 Å². The summed E-state index contributed by atoms with van der Waals surface area (Å²) in [4.78, 5) is 23.9. The first-order valence-corrected chi connectivity index (χ1v) is 11.4. The molecule has 3 fully saturated rings. The number of imide groups is 1. The van der Waals surface area contributed by atoms with Crippen LogP contribution < -0.4 is 21.3 Å². The standard InChI is InChI=1S/C16H25F3N4O4S2/c1-7(16(17,18)19)27-15(26)23-11(24)8-3-5-28-13(8)22-12(25)14-21-9-6-20-4-2-10(9)29-14/h7-10,12-14,20-22,25H,2-6H2,1H3,(H,23,24,26). The molecule has 0 bridgehead atoms. The van der Waals surface area contributed by atoms with Gasteiger partial charge < -0.3 is 15.2 Å². The summed E-state index contributed by atoms with van der Waals surface area (Å²) < 4.78 is 41.6. The topological polar surface area (TPSA) is 112 Å². The van der Waals surface area contributed by atoms with Gasteiger partial charge in [0.2, 0.25) is 5.91 Å². The van der Waals surface area contributed by atoms with Crippen molar-refractivity contribution in [3.8, 4) is 0 Å². The van der Waals surface area contributed by atoms with Crippen molar-refractivity contribution in [2.24, 2.45) is 5.92 Å². The summed E-state index contributed by atoms with van der Waals surface area (Å²) in [5, 5.41) is 21.9. The van der Waals surface area contributed by atoms with Gasteiger partial charge >= 0.3 is 12.3 Å². The molecule has 7 unspecified atom stereocenters. The first kappa shape index (κ1) is 22.9. The Labute approximate surface area is 174 Å². The van der Waals surface area contributed by atoms with Gasteiger partial charge in [-0.15, -0.1) is 23.5 Å². The van der Waals surface area contributed by atoms with E-state index >= 15 is 0 Å². The number of fused-ring (bicyclic) bond motifs is 1. The van der Waals surface area contributed by atoms with Crippen LogP contribution in [0.5, 0.6) is 0 Å². The largest absolute Gasteiger partial charge is 0.437 e. The van der Waals surface area contributed by atoms with Gasteiger partial charge in [0.25, 0.3) is 0 Å². The fraction of sp³-hybridized carbons (Fsp3) is 0.875. The van der Waals surface area contributed by atoms with E-state index < -0.39 is 41.8 Å². The zero-order valence-electron chi connectivity index (χ0n) is 15.7. The van der Waals surface area contributed by atoms with Gasteiger partial charge in [0.05, 0.1) is 16.7 Å². The summed E-state index contributed by atoms with van der Waals surface area (Å²) in [6.07, 6.45) is -7.91. The third-order valence-electron chi connectivity index (χ3n) is 5.14. The van der Waals surface area contributed by atoms with Gasteiger partial charge in [-0.3, -0.25) is 20.7 Å². The van der Waals surface area contributed by atoms with Crippen molar-refractivity contribution in [1.82, 2.24) is 21.3 Å². The quantitative estimate of drug-likeness (QED) is 0.378. The number of hydrogen-bond donors (Lipinski definition) is 5. The number of alkyl halides is 3. The predicted octanol–water partition coefficient (Wildman–Crippen LogP) is 0.570. The van der Waals surface area contributed by atoms with Gasteiger partial charge in [0, 0.05) is 17.8 Å². The molecule has 0 saturated carbocycles. The number of carbonyl (C=O) groups is 2. The molecule has 3 rings (SSSR count). The van der Waals surface area contributed by atoms with E-state index in [2.05, 4.69) is 20.7 Å². The number of nitrogens with one attached hydrogen (secondary N) is 4. The molecule has 3 aliphatic rings. The molecule has 2 amide bonds. The average Bonchev–Trinajstić information content (AvgIpc) is 3.27. The van der Waals surface area contributed by atoms with Crippen LogP contribution in [0.4, 0.5) is 18.0 Å². The van der Waals surface area contributed by atoms with E-state index in [0.717, 1.165) is 19.5 Å². The van der Waals surface area contributed by atoms with Crippen molar-refractivity contribution < 1.29 is 32.6 Å². The summed E-state index contributed by atoms with van der Waals surface area (Å²) >= 11 is 3.08. The van der Waals surface area contributed by atoms with Crippen LogP contribution in [0, 0.1) is 5.92 Å². The first-order valence-electron chi connectivity index (χ1n) is 9.41. The molecule has 166 valence electrons. The maximum absolute atomic E-state index is 12.5. The number of piperidine rings is 1. The van der Waals surface area contributed by atoms with Gasteiger partial charge in [-0.2, -0.15) is 13.2 Å². The average molecular weight is 459 g/mol. The van der Waals surface area contributed by atoms with Crippen LogP contribution in [-0.2, 0) is 9.53 Å². The van der Waals surface area contributed by atoms with E-state index in [1.165, 1.54) is 11.8 Å². The molecule has 3 aliphatic heterocycles. The minimum Gasteiger partial charge on any atom is -0.437 e. The van der Waals surface area contributed by atoms with Crippen LogP contribution in [0.3, 0.4) is 0 Å². The Morgan fingerprint density at radius 1 is 1.31 bits per heavy atom. The summed E-state index contributed by atoms with van der Waals surface area (Å²) in [6, 6.07) is 0.274. The predicted molar refractivity (Wildman–Crippen MR) is 103 cm³/mol. The van der Waals surface area contributed by atoms with Gasteiger partial charge in [-0.25, -0.2) is 4.79 Å². The smallest absolute Gasteiger partial charge is 0.425 e. The van der Waals surface area contributed by atoms with Gasteiger partial charge in [-0.1, -0.05) is 0 Å². The first-order chi connectivity index (χ1) is 13.6. The Balaban J connectivity index is 1.49. The molecule has 0 aromatic heterocycles. The second-order valence-corrected chi connectivity index (χ2v) is 9.87. The Kier molecular flexibility index (Phi) is 7.60. The minimum absolute atomic E-state index is 0.229. The SMILES string of the molecule is CC(OC(=O)NC(=O)C1CCSC1NC(O)C1NC2CNCCC2S1)C(F)(F)F. The number of aliphatic hydroxyl groups is 1. The van der Waals surface area contributed by atoms with Crippen molar-refractivity contribution in [2.45, 2.75) is 60.3 Å². The lowest BCUT2D eigenvalue weighted by Gasteiger charge is -2.26. The van der Waals surface area contributed by atoms with E-state index in [1.807, 2.05) is 5.32 Å². The van der Waals surface area contributed by atoms with Crippen molar-refractivity contribution in [1.29, 1.82) is 0 Å². The number of ether oxygens (including phenoxy) is 1. The summed E-state index contributed by atoms with van der Waals surface area (Å²) in [6.45, 7) is 2.47. The number of amides is 2. The van der Waals surface area contributed by atoms with Crippen LogP contribution in [0.2, 0.25) is 0 Å². The van der Waals surface area contributed by atoms with E-state index in [9.17, 15) is 27.9 Å². The molecule has 0 aromatic rings. The maximum Gasteiger partial charge on any atom is 0.425 e. The van der Waals surface area contributed by atoms with Crippen LogP contribution >= 0.6 is 23.5 Å². The lowest BCUT2D eigenvalue weighted by Crippen LogP contribution is -2.53. The Bertz CT molecular complexity index is 601. The molecule has 0 radical (unpaired) electrons. The molecule has 0 aliphatic carbocycles. The summed E-state index contributed by atoms with van der Waals surface area (Å²) in [5.41, 5.74) is 0. The van der Waals surface area contributed by atoms with Crippen LogP contribution in [0.15, 0.2) is 0 Å². The molecule has 29 heavy (non-hydrogen) atoms. The second kappa shape index (κ2) is 9.60. The summed E-state index contributed by atoms with van der Waals surface area (Å²) in [7, 11) is 0. The Morgan fingerprint density at radius 2 is 2.07 bits per heavy atom. The van der Waals surface area contributed by atoms with E-state index in [1.54, 1.807) is 11.8 Å². The van der Waals surface area contributed by atoms with Gasteiger partial charge in [0.1, 0.15) is 6.23 Å². The van der Waals surface area contributed by atoms with Crippen molar-refractivity contribution in [2.75, 3.05) is 18.8 Å². The highest BCUT2D eigenvalue weighted by Crippen LogP contribution is 2.35. The maximum atomic E-state index is 12.5. The van der Waals surface area contributed by atoms with Crippen LogP contribution in [-0.4, -0.2) is 76.5 Å². The molecular weight excluding hydrogens is 433 g/mol. The molecule has 13 heteroatoms. The van der Waals surface area contributed by atoms with Crippen molar-refractivity contribution in [3.05, 3.63) is 0 Å². The number of thioether (sulfide) groups is 2. The lowest BCUT2D eigenvalue weighted by atomic mass is 10.1. The monoisotopic (exact) mass is 458 g/mol. The lowest BCUT2D eigenvalue weighted by molar-refractivity contribution is -0.197. The number of rotatable bonds is 5. The van der Waals surface area contributed by atoms with Crippen molar-refractivity contribution >= 4 is 35.5 Å². The molecule has 0 spiro atoms. The van der Waals surface area contributed by atoms with Gasteiger partial charge in [0.15, 0.2) is 6.10 Å². The fourth-order valence-electron chi connectivity index (χ4n) is 3.50. The summed E-state index contributed by atoms with van der Waals surface area (Å²) in [5.74, 6) is -0.764. The Hall–Kier alpha value is -0.730. The zero-order valence-corrected chi connectivity index (χ0v) is 17.3. The third kappa shape index (κ3) is 5.91. The zero-order chi connectivity index (χ0) is 21.2. The highest BCUT2D eigenvalue weighted by molar-refractivity contribution is 8.01. The molecule has 8 nitrogen and oxygen atoms in total. The number of carbonyl (C=O) groups excluding carboxylic acids is 2. The molecule has 5 N–H and O–H groups in total. The fourth-order valence-corrected chi connectivity index (χ4v) is 6.34. The van der Waals surface area contributed by atoms with Crippen LogP contribution in [0.1, 0.15) is 19.8 Å². The highest BCUT2D eigenvalue weighted by atomic mass is 32.2. The number of halogens is 3. The third-order valence-corrected chi connectivity index (χ3v) is 8.03. The van der Waals surface area contributed by atoms with Gasteiger partial charge in [-0.05, 0) is 32.1 Å². The Morgan fingerprint density at radius 3 is 2.76 bits per heavy atom.